The lowest BCUT2D eigenvalue weighted by atomic mass is 10.1. The van der Waals surface area contributed by atoms with Gasteiger partial charge in [-0.2, -0.15) is 0 Å². The van der Waals surface area contributed by atoms with E-state index in [1.807, 2.05) is 25.1 Å². The first-order chi connectivity index (χ1) is 9.19. The zero-order valence-electron chi connectivity index (χ0n) is 11.2. The van der Waals surface area contributed by atoms with Gasteiger partial charge in [-0.3, -0.25) is 9.13 Å². The summed E-state index contributed by atoms with van der Waals surface area (Å²) >= 11 is 0. The van der Waals surface area contributed by atoms with Gasteiger partial charge in [-0.15, -0.1) is 0 Å². The van der Waals surface area contributed by atoms with Crippen LogP contribution in [0.1, 0.15) is 18.1 Å². The van der Waals surface area contributed by atoms with Crippen LogP contribution in [0.3, 0.4) is 0 Å². The van der Waals surface area contributed by atoms with Crippen LogP contribution >= 0.6 is 0 Å². The maximum atomic E-state index is 12.0. The smallest absolute Gasteiger partial charge is 0.328 e. The molecule has 2 rings (SSSR count). The van der Waals surface area contributed by atoms with Crippen molar-refractivity contribution < 1.29 is 9.84 Å². The van der Waals surface area contributed by atoms with Gasteiger partial charge in [-0.1, -0.05) is 6.07 Å². The van der Waals surface area contributed by atoms with Crippen molar-refractivity contribution >= 4 is 0 Å². The topological polar surface area (TPSA) is 56.4 Å². The number of aryl methyl sites for hydroxylation is 1. The summed E-state index contributed by atoms with van der Waals surface area (Å²) in [7, 11) is 1.59. The number of hydrogen-bond donors (Lipinski definition) is 1. The molecule has 0 aliphatic rings. The summed E-state index contributed by atoms with van der Waals surface area (Å²) in [6, 6.07) is 5.47. The zero-order chi connectivity index (χ0) is 13.8. The molecule has 0 fully saturated rings. The van der Waals surface area contributed by atoms with Gasteiger partial charge in [-0.25, -0.2) is 4.79 Å². The molecule has 0 atom stereocenters. The average molecular weight is 262 g/mol. The fraction of sp³-hybridized carbons (Fsp3) is 0.357. The summed E-state index contributed by atoms with van der Waals surface area (Å²) in [4.78, 5) is 12.0. The van der Waals surface area contributed by atoms with Crippen molar-refractivity contribution in [2.24, 2.45) is 0 Å². The van der Waals surface area contributed by atoms with Crippen LogP contribution in [0.5, 0.6) is 5.75 Å². The van der Waals surface area contributed by atoms with Crippen LogP contribution in [0.2, 0.25) is 0 Å². The number of aromatic nitrogens is 2. The molecule has 0 aliphatic heterocycles. The van der Waals surface area contributed by atoms with Gasteiger partial charge in [0.25, 0.3) is 0 Å². The van der Waals surface area contributed by atoms with E-state index < -0.39 is 0 Å². The van der Waals surface area contributed by atoms with Crippen LogP contribution in [0, 0.1) is 0 Å². The van der Waals surface area contributed by atoms with Crippen molar-refractivity contribution in [3.8, 4) is 5.75 Å². The number of rotatable bonds is 5. The average Bonchev–Trinajstić information content (AvgIpc) is 2.79. The van der Waals surface area contributed by atoms with Crippen molar-refractivity contribution in [2.75, 3.05) is 7.11 Å². The monoisotopic (exact) mass is 262 g/mol. The van der Waals surface area contributed by atoms with E-state index in [0.29, 0.717) is 18.8 Å². The minimum atomic E-state index is -0.0426. The van der Waals surface area contributed by atoms with E-state index in [2.05, 4.69) is 0 Å². The second-order valence-electron chi connectivity index (χ2n) is 4.30. The molecule has 0 aliphatic carbocycles. The third-order valence-corrected chi connectivity index (χ3v) is 3.13. The molecule has 19 heavy (non-hydrogen) atoms. The highest BCUT2D eigenvalue weighted by molar-refractivity contribution is 5.37. The van der Waals surface area contributed by atoms with Crippen LogP contribution in [0.15, 0.2) is 35.4 Å². The molecule has 1 N–H and O–H groups in total. The van der Waals surface area contributed by atoms with Crippen molar-refractivity contribution in [1.29, 1.82) is 0 Å². The number of imidazole rings is 1. The van der Waals surface area contributed by atoms with Gasteiger partial charge in [0.1, 0.15) is 5.75 Å². The molecule has 5 nitrogen and oxygen atoms in total. The first-order valence-corrected chi connectivity index (χ1v) is 6.21. The fourth-order valence-corrected chi connectivity index (χ4v) is 2.05. The highest BCUT2D eigenvalue weighted by atomic mass is 16.5. The minimum absolute atomic E-state index is 0.0259. The van der Waals surface area contributed by atoms with Crippen molar-refractivity contribution in [2.45, 2.75) is 26.6 Å². The van der Waals surface area contributed by atoms with E-state index in [4.69, 9.17) is 4.74 Å². The lowest BCUT2D eigenvalue weighted by Crippen LogP contribution is -2.24. The summed E-state index contributed by atoms with van der Waals surface area (Å²) in [6.45, 7) is 2.99. The van der Waals surface area contributed by atoms with Crippen LogP contribution in [-0.2, 0) is 19.7 Å². The van der Waals surface area contributed by atoms with Gasteiger partial charge in [0.15, 0.2) is 0 Å². The Morgan fingerprint density at radius 1 is 1.26 bits per heavy atom. The van der Waals surface area contributed by atoms with Gasteiger partial charge in [-0.05, 0) is 24.6 Å². The number of hydrogen-bond acceptors (Lipinski definition) is 3. The number of aliphatic hydroxyl groups excluding tert-OH is 1. The van der Waals surface area contributed by atoms with E-state index in [9.17, 15) is 9.90 Å². The summed E-state index contributed by atoms with van der Waals surface area (Å²) in [5.41, 5.74) is 1.64. The zero-order valence-corrected chi connectivity index (χ0v) is 11.2. The van der Waals surface area contributed by atoms with Crippen molar-refractivity contribution in [1.82, 2.24) is 9.13 Å². The molecule has 1 aromatic heterocycles. The molecular formula is C14H18N2O3. The highest BCUT2D eigenvalue weighted by Gasteiger charge is 2.08. The van der Waals surface area contributed by atoms with E-state index >= 15 is 0 Å². The largest absolute Gasteiger partial charge is 0.496 e. The lowest BCUT2D eigenvalue weighted by Gasteiger charge is -2.10. The maximum absolute atomic E-state index is 12.0. The summed E-state index contributed by atoms with van der Waals surface area (Å²) < 4.78 is 8.55. The minimum Gasteiger partial charge on any atom is -0.496 e. The van der Waals surface area contributed by atoms with Gasteiger partial charge >= 0.3 is 5.69 Å². The molecule has 1 aromatic carbocycles. The Balaban J connectivity index is 2.36. The molecule has 5 heteroatoms. The third kappa shape index (κ3) is 2.71. The Morgan fingerprint density at radius 2 is 2.00 bits per heavy atom. The van der Waals surface area contributed by atoms with Crippen LogP contribution in [0.4, 0.5) is 0 Å². The van der Waals surface area contributed by atoms with Crippen LogP contribution in [-0.4, -0.2) is 21.4 Å². The molecule has 102 valence electrons. The molecule has 0 spiro atoms. The third-order valence-electron chi connectivity index (χ3n) is 3.13. The fourth-order valence-electron chi connectivity index (χ4n) is 2.05. The normalized spacial score (nSPS) is 10.7. The number of benzene rings is 1. The number of aliphatic hydroxyl groups is 1. The van der Waals surface area contributed by atoms with E-state index in [-0.39, 0.29) is 12.3 Å². The second kappa shape index (κ2) is 5.75. The quantitative estimate of drug-likeness (QED) is 0.881. The highest BCUT2D eigenvalue weighted by Crippen LogP contribution is 2.20. The van der Waals surface area contributed by atoms with Gasteiger partial charge in [0, 0.05) is 24.5 Å². The van der Waals surface area contributed by atoms with Gasteiger partial charge < -0.3 is 9.84 Å². The molecule has 0 unspecified atom stereocenters. The predicted molar refractivity (Wildman–Crippen MR) is 72.4 cm³/mol. The van der Waals surface area contributed by atoms with Gasteiger partial charge in [0.2, 0.25) is 0 Å². The van der Waals surface area contributed by atoms with Gasteiger partial charge in [0.05, 0.1) is 20.3 Å². The van der Waals surface area contributed by atoms with E-state index in [1.165, 1.54) is 0 Å². The Kier molecular flexibility index (Phi) is 4.06. The standard InChI is InChI=1S/C14H18N2O3/c1-3-15-6-7-16(14(15)18)9-12-8-11(10-17)4-5-13(12)19-2/h4-8,17H,3,9-10H2,1-2H3. The molecule has 1 heterocycles. The Labute approximate surface area is 111 Å². The number of methoxy groups -OCH3 is 1. The van der Waals surface area contributed by atoms with Crippen LogP contribution < -0.4 is 10.4 Å². The van der Waals surface area contributed by atoms with E-state index in [1.54, 1.807) is 28.6 Å². The molecule has 0 radical (unpaired) electrons. The first-order valence-electron chi connectivity index (χ1n) is 6.21. The lowest BCUT2D eigenvalue weighted by molar-refractivity contribution is 0.281. The van der Waals surface area contributed by atoms with Crippen molar-refractivity contribution in [3.63, 3.8) is 0 Å². The molecule has 0 saturated heterocycles. The molecule has 0 saturated carbocycles. The molecule has 0 bridgehead atoms. The number of ether oxygens (including phenoxy) is 1. The summed E-state index contributed by atoms with van der Waals surface area (Å²) in [5.74, 6) is 0.716. The SMILES string of the molecule is CCn1ccn(Cc2cc(CO)ccc2OC)c1=O. The number of nitrogens with zero attached hydrogens (tertiary/aromatic N) is 2. The first kappa shape index (κ1) is 13.4. The Bertz CT molecular complexity index is 613. The maximum Gasteiger partial charge on any atom is 0.328 e. The summed E-state index contributed by atoms with van der Waals surface area (Å²) in [6.07, 6.45) is 3.53. The Morgan fingerprint density at radius 3 is 2.58 bits per heavy atom. The summed E-state index contributed by atoms with van der Waals surface area (Å²) in [5, 5.41) is 9.18. The molecule has 0 amide bonds. The van der Waals surface area contributed by atoms with Crippen LogP contribution in [0.25, 0.3) is 0 Å². The predicted octanol–water partition coefficient (Wildman–Crippen LogP) is 1.22. The Hall–Kier alpha value is -2.01. The molecular weight excluding hydrogens is 244 g/mol. The van der Waals surface area contributed by atoms with E-state index in [0.717, 1.165) is 11.1 Å². The molecule has 2 aromatic rings. The van der Waals surface area contributed by atoms with Crippen molar-refractivity contribution in [3.05, 3.63) is 52.2 Å². The second-order valence-corrected chi connectivity index (χ2v) is 4.30.